The number of sulfonamides is 2. The maximum Gasteiger partial charge on any atom is 0.494 e. The molecule has 2 amide bonds. The highest BCUT2D eigenvalue weighted by atomic mass is 79.9. The zero-order valence-corrected chi connectivity index (χ0v) is 51.8. The summed E-state index contributed by atoms with van der Waals surface area (Å²) in [5.41, 5.74) is 15.5. The highest BCUT2D eigenvalue weighted by Gasteiger charge is 2.52. The Balaban J connectivity index is 0.000000181. The number of rotatable bonds is 18. The second-order valence-corrected chi connectivity index (χ2v) is 29.0. The van der Waals surface area contributed by atoms with Gasteiger partial charge in [0.05, 0.1) is 45.9 Å². The van der Waals surface area contributed by atoms with Crippen LogP contribution in [0.15, 0.2) is 95.4 Å². The van der Waals surface area contributed by atoms with Crippen LogP contribution in [0.5, 0.6) is 0 Å². The Morgan fingerprint density at radius 3 is 1.55 bits per heavy atom. The molecule has 2 aromatic carbocycles. The van der Waals surface area contributed by atoms with Crippen LogP contribution in [0.3, 0.4) is 0 Å². The third-order valence-electron chi connectivity index (χ3n) is 14.6. The number of nitrogens with zero attached hydrogens (tertiary/aromatic N) is 6. The number of aliphatic hydroxyl groups excluding tert-OH is 2. The van der Waals surface area contributed by atoms with Crippen molar-refractivity contribution in [3.8, 4) is 10.4 Å². The normalized spacial score (nSPS) is 18.2. The largest absolute Gasteiger partial charge is 0.494 e. The molecular weight excluding hydrogens is 1160 g/mol. The molecule has 0 saturated carbocycles. The van der Waals surface area contributed by atoms with Gasteiger partial charge in [-0.1, -0.05) is 52.0 Å². The van der Waals surface area contributed by atoms with Crippen LogP contribution in [0.25, 0.3) is 22.6 Å². The maximum atomic E-state index is 13.2. The lowest BCUT2D eigenvalue weighted by molar-refractivity contribution is -0.128. The Hall–Kier alpha value is -4.60. The van der Waals surface area contributed by atoms with Crippen molar-refractivity contribution >= 4 is 118 Å². The fraction of sp³-hybridized carbons (Fsp3) is 0.500. The van der Waals surface area contributed by atoms with E-state index in [9.17, 15) is 31.5 Å². The quantitative estimate of drug-likeness (QED) is 0.0692. The summed E-state index contributed by atoms with van der Waals surface area (Å²) in [5, 5.41) is 18.3. The number of thiophene rings is 2. The summed E-state index contributed by atoms with van der Waals surface area (Å²) in [5.74, 6) is 0.969. The highest BCUT2D eigenvalue weighted by Crippen LogP contribution is 2.42. The molecule has 4 aromatic rings. The van der Waals surface area contributed by atoms with Crippen LogP contribution in [-0.4, -0.2) is 153 Å². The summed E-state index contributed by atoms with van der Waals surface area (Å²) in [6, 6.07) is 17.4. The van der Waals surface area contributed by atoms with E-state index in [-0.39, 0.29) is 46.7 Å². The molecule has 0 aliphatic carbocycles. The van der Waals surface area contributed by atoms with E-state index < -0.39 is 38.4 Å². The maximum absolute atomic E-state index is 13.2. The van der Waals surface area contributed by atoms with Gasteiger partial charge >= 0.3 is 7.12 Å². The monoisotopic (exact) mass is 1240 g/mol. The minimum Gasteiger partial charge on any atom is -0.399 e. The van der Waals surface area contributed by atoms with Crippen LogP contribution in [0, 0.1) is 11.8 Å². The first-order valence-corrected chi connectivity index (χ1v) is 32.6. The van der Waals surface area contributed by atoms with E-state index >= 15 is 0 Å². The number of carbonyl (C=O) groups is 2. The molecule has 6 N–H and O–H groups in total. The second kappa shape index (κ2) is 26.8. The standard InChI is InChI=1S/C25H32N4O4S2.C16H24BNO5S.C15H20BrN3OS/c1-3-8-28(9-4-2)25(31)19-11-23-21(27-24(26)12-19)13-22(34-23)18-6-5-7-20(10-18)35(32,33)29-14-17(15-29)16-30;1-15(2)16(3,4)23-17(22-15)13-6-5-7-14(8-13)24(20,21)18-9-12(10-18)11-19;1-3-5-19(6-4-2)15(20)10-7-12-11(9-13(16)21-12)18-14(17)8-10/h5-7,10-11,13,17,30H,3-4,8-9,12,14-16H2,1-2H3,(H2,26,27);5-8,12,19H,9-11H2,1-4H3;7,9H,3-6,8H2,1-2H3,(H2,17,18). The Kier molecular flexibility index (Phi) is 21.1. The van der Waals surface area contributed by atoms with Crippen LogP contribution in [-0.2, 0) is 38.9 Å². The van der Waals surface area contributed by atoms with Crippen molar-refractivity contribution in [2.45, 2.75) is 115 Å². The molecular formula is C56H76BBrN8O10S4. The minimum absolute atomic E-state index is 0.00139. The SMILES string of the molecule is CC1(C)OB(c2cccc(S(=O)(=O)N3CC(CO)C3)c2)OC1(C)C.CCCN(CCC)C(=O)C1=Cc2sc(-c3cccc(S(=O)(=O)N4CC(CO)C4)c3)cc2N=C(N)C1.CCCN(CCC)C(=O)C1=Cc2sc(Br)cc2N=C(N)C1. The van der Waals surface area contributed by atoms with Gasteiger partial charge in [0.1, 0.15) is 11.7 Å². The second-order valence-electron chi connectivity index (χ2n) is 21.6. The number of nitrogens with two attached hydrogens (primary N) is 2. The molecule has 18 nitrogen and oxygen atoms in total. The van der Waals surface area contributed by atoms with Gasteiger partial charge in [-0.2, -0.15) is 8.61 Å². The molecule has 0 radical (unpaired) electrons. The van der Waals surface area contributed by atoms with E-state index in [0.29, 0.717) is 80.5 Å². The van der Waals surface area contributed by atoms with Crippen molar-refractivity contribution in [1.82, 2.24) is 18.4 Å². The average Bonchev–Trinajstić information content (AvgIpc) is 3.96. The first-order valence-electron chi connectivity index (χ1n) is 27.2. The molecule has 3 fully saturated rings. The number of hydrogen-bond acceptors (Lipinski definition) is 16. The molecule has 80 heavy (non-hydrogen) atoms. The van der Waals surface area contributed by atoms with Gasteiger partial charge in [-0.25, -0.2) is 26.8 Å². The van der Waals surface area contributed by atoms with Gasteiger partial charge in [0, 0.05) is 106 Å². The van der Waals surface area contributed by atoms with Crippen molar-refractivity contribution in [1.29, 1.82) is 0 Å². The van der Waals surface area contributed by atoms with E-state index in [1.165, 1.54) is 19.9 Å². The number of carbonyl (C=O) groups excluding carboxylic acids is 2. The van der Waals surface area contributed by atoms with Gasteiger partial charge in [0.15, 0.2) is 0 Å². The number of aliphatic hydroxyl groups is 2. The zero-order valence-electron chi connectivity index (χ0n) is 47.0. The molecule has 0 unspecified atom stereocenters. The smallest absolute Gasteiger partial charge is 0.399 e. The van der Waals surface area contributed by atoms with Crippen LogP contribution in [0.4, 0.5) is 11.4 Å². The molecule has 434 valence electrons. The summed E-state index contributed by atoms with van der Waals surface area (Å²) in [6.45, 7) is 20.5. The van der Waals surface area contributed by atoms with Gasteiger partial charge in [-0.3, -0.25) is 9.59 Å². The van der Waals surface area contributed by atoms with E-state index in [0.717, 1.165) is 74.0 Å². The summed E-state index contributed by atoms with van der Waals surface area (Å²) in [7, 11) is -7.75. The molecule has 3 saturated heterocycles. The first kappa shape index (κ1) is 63.0. The molecule has 2 aromatic heterocycles. The summed E-state index contributed by atoms with van der Waals surface area (Å²) in [4.78, 5) is 41.8. The minimum atomic E-state index is -3.62. The van der Waals surface area contributed by atoms with Gasteiger partial charge in [0.2, 0.25) is 31.9 Å². The predicted octanol–water partition coefficient (Wildman–Crippen LogP) is 7.99. The molecule has 5 aliphatic rings. The number of amidine groups is 2. The lowest BCUT2D eigenvalue weighted by atomic mass is 9.79. The molecule has 5 aliphatic heterocycles. The number of amides is 2. The Morgan fingerprint density at radius 2 is 1.10 bits per heavy atom. The van der Waals surface area contributed by atoms with Gasteiger partial charge in [-0.05, 0) is 129 Å². The van der Waals surface area contributed by atoms with Crippen molar-refractivity contribution in [3.05, 3.63) is 85.4 Å². The van der Waals surface area contributed by atoms with E-state index in [4.69, 9.17) is 25.9 Å². The van der Waals surface area contributed by atoms with Crippen molar-refractivity contribution < 1.29 is 45.9 Å². The van der Waals surface area contributed by atoms with E-state index in [1.807, 2.05) is 73.9 Å². The summed E-state index contributed by atoms with van der Waals surface area (Å²) in [6.07, 6.45) is 8.22. The number of fused-ring (bicyclic) bond motifs is 2. The summed E-state index contributed by atoms with van der Waals surface area (Å²) >= 11 is 6.49. The topological polar surface area (TPSA) is 251 Å². The number of hydrogen-bond donors (Lipinski definition) is 4. The van der Waals surface area contributed by atoms with Crippen LogP contribution >= 0.6 is 38.6 Å². The van der Waals surface area contributed by atoms with Crippen LogP contribution in [0.1, 0.15) is 104 Å². The molecule has 0 bridgehead atoms. The third kappa shape index (κ3) is 14.6. The lowest BCUT2D eigenvalue weighted by Crippen LogP contribution is -2.51. The Bertz CT molecular complexity index is 3210. The van der Waals surface area contributed by atoms with Crippen molar-refractivity contribution in [2.24, 2.45) is 33.3 Å². The molecule has 0 atom stereocenters. The number of halogens is 1. The predicted molar refractivity (Wildman–Crippen MR) is 325 cm³/mol. The van der Waals surface area contributed by atoms with Crippen LogP contribution in [0.2, 0.25) is 0 Å². The number of benzene rings is 2. The summed E-state index contributed by atoms with van der Waals surface area (Å²) < 4.78 is 67.0. The molecule has 24 heteroatoms. The van der Waals surface area contributed by atoms with Crippen molar-refractivity contribution in [3.63, 3.8) is 0 Å². The first-order chi connectivity index (χ1) is 37.9. The molecule has 7 heterocycles. The molecule has 9 rings (SSSR count). The average molecular weight is 1240 g/mol. The third-order valence-corrected chi connectivity index (χ3v) is 20.9. The Labute approximate surface area is 489 Å². The molecule has 0 spiro atoms. The fourth-order valence-corrected chi connectivity index (χ4v) is 15.3. The Morgan fingerprint density at radius 1 is 0.675 bits per heavy atom. The lowest BCUT2D eigenvalue weighted by Gasteiger charge is -2.36. The van der Waals surface area contributed by atoms with E-state index in [1.54, 1.807) is 47.7 Å². The fourth-order valence-electron chi connectivity index (χ4n) is 9.45. The van der Waals surface area contributed by atoms with Gasteiger partial charge in [-0.15, -0.1) is 22.7 Å². The van der Waals surface area contributed by atoms with E-state index in [2.05, 4.69) is 53.6 Å². The van der Waals surface area contributed by atoms with Gasteiger partial charge in [0.25, 0.3) is 0 Å². The van der Waals surface area contributed by atoms with Crippen LogP contribution < -0.4 is 16.9 Å². The van der Waals surface area contributed by atoms with Crippen molar-refractivity contribution in [2.75, 3.05) is 65.6 Å². The van der Waals surface area contributed by atoms with Gasteiger partial charge < -0.3 is 40.8 Å². The zero-order chi connectivity index (χ0) is 58.3. The number of aliphatic imine (C=N–C) groups is 2. The highest BCUT2D eigenvalue weighted by molar-refractivity contribution is 9.11.